The summed E-state index contributed by atoms with van der Waals surface area (Å²) in [6.45, 7) is 0. The maximum Gasteiger partial charge on any atom is 0.417 e. The second-order valence-electron chi connectivity index (χ2n) is 5.56. The minimum Gasteiger partial charge on any atom is -0.423 e. The zero-order chi connectivity index (χ0) is 18.9. The Labute approximate surface area is 151 Å². The van der Waals surface area contributed by atoms with Crippen molar-refractivity contribution in [3.63, 3.8) is 0 Å². The summed E-state index contributed by atoms with van der Waals surface area (Å²) in [5.41, 5.74) is -0.576. The highest BCUT2D eigenvalue weighted by molar-refractivity contribution is 6.31. The fraction of sp³-hybridized carbons (Fsp3) is 0.176. The summed E-state index contributed by atoms with van der Waals surface area (Å²) in [5, 5.41) is 4.73. The van der Waals surface area contributed by atoms with Crippen molar-refractivity contribution in [2.24, 2.45) is 0 Å². The summed E-state index contributed by atoms with van der Waals surface area (Å²) in [7, 11) is 0. The molecule has 5 nitrogen and oxygen atoms in total. The van der Waals surface area contributed by atoms with Crippen LogP contribution in [0.5, 0.6) is 5.75 Å². The van der Waals surface area contributed by atoms with Gasteiger partial charge in [0.2, 0.25) is 5.91 Å². The number of rotatable bonds is 3. The van der Waals surface area contributed by atoms with Crippen LogP contribution >= 0.6 is 11.6 Å². The van der Waals surface area contributed by atoms with Gasteiger partial charge in [0.05, 0.1) is 22.7 Å². The first-order valence-corrected chi connectivity index (χ1v) is 7.85. The SMILES string of the molecule is O=C(C[C@H]1Nc2ccccc2OC1=O)Nc1ccc(Cl)c(C(F)(F)F)c1. The van der Waals surface area contributed by atoms with Crippen molar-refractivity contribution >= 4 is 34.9 Å². The van der Waals surface area contributed by atoms with E-state index in [1.807, 2.05) is 0 Å². The zero-order valence-electron chi connectivity index (χ0n) is 13.1. The molecular formula is C17H12ClF3N2O3. The molecule has 0 aliphatic carbocycles. The van der Waals surface area contributed by atoms with Crippen molar-refractivity contribution in [1.29, 1.82) is 0 Å². The van der Waals surface area contributed by atoms with Gasteiger partial charge in [-0.25, -0.2) is 4.79 Å². The minimum absolute atomic E-state index is 0.0729. The van der Waals surface area contributed by atoms with E-state index in [1.165, 1.54) is 6.07 Å². The van der Waals surface area contributed by atoms with Gasteiger partial charge in [-0.2, -0.15) is 13.2 Å². The third-order valence-electron chi connectivity index (χ3n) is 3.66. The Hall–Kier alpha value is -2.74. The molecule has 1 aliphatic heterocycles. The van der Waals surface area contributed by atoms with Gasteiger partial charge in [-0.1, -0.05) is 23.7 Å². The van der Waals surface area contributed by atoms with E-state index in [2.05, 4.69) is 10.6 Å². The lowest BCUT2D eigenvalue weighted by molar-refractivity contribution is -0.137. The Kier molecular flexibility index (Phi) is 4.78. The monoisotopic (exact) mass is 384 g/mol. The summed E-state index contributed by atoms with van der Waals surface area (Å²) < 4.78 is 43.7. The zero-order valence-corrected chi connectivity index (χ0v) is 13.8. The average molecular weight is 385 g/mol. The van der Waals surface area contributed by atoms with Gasteiger partial charge in [0.1, 0.15) is 6.04 Å². The van der Waals surface area contributed by atoms with Crippen molar-refractivity contribution in [3.8, 4) is 5.75 Å². The van der Waals surface area contributed by atoms with E-state index >= 15 is 0 Å². The minimum atomic E-state index is -4.64. The second-order valence-corrected chi connectivity index (χ2v) is 5.97. The first kappa shape index (κ1) is 18.1. The van der Waals surface area contributed by atoms with E-state index in [1.54, 1.807) is 24.3 Å². The number of nitrogens with one attached hydrogen (secondary N) is 2. The highest BCUT2D eigenvalue weighted by Gasteiger charge is 2.34. The van der Waals surface area contributed by atoms with E-state index in [4.69, 9.17) is 16.3 Å². The average Bonchev–Trinajstić information content (AvgIpc) is 2.56. The van der Waals surface area contributed by atoms with Gasteiger partial charge in [-0.15, -0.1) is 0 Å². The number of benzene rings is 2. The number of carbonyl (C=O) groups is 2. The van der Waals surface area contributed by atoms with Gasteiger partial charge in [0.25, 0.3) is 0 Å². The first-order chi connectivity index (χ1) is 12.2. The van der Waals surface area contributed by atoms with Crippen LogP contribution in [-0.2, 0) is 15.8 Å². The summed E-state index contributed by atoms with van der Waals surface area (Å²) in [6.07, 6.45) is -4.95. The van der Waals surface area contributed by atoms with Crippen LogP contribution in [0.15, 0.2) is 42.5 Å². The lowest BCUT2D eigenvalue weighted by Crippen LogP contribution is -2.39. The Morgan fingerprint density at radius 2 is 1.96 bits per heavy atom. The summed E-state index contributed by atoms with van der Waals surface area (Å²) in [4.78, 5) is 24.1. The molecule has 2 N–H and O–H groups in total. The van der Waals surface area contributed by atoms with Crippen LogP contribution in [0.1, 0.15) is 12.0 Å². The Morgan fingerprint density at radius 1 is 1.23 bits per heavy atom. The number of esters is 1. The predicted octanol–water partition coefficient (Wildman–Crippen LogP) is 4.09. The fourth-order valence-corrected chi connectivity index (χ4v) is 2.68. The number of amides is 1. The van der Waals surface area contributed by atoms with E-state index in [9.17, 15) is 22.8 Å². The number of alkyl halides is 3. The van der Waals surface area contributed by atoms with Crippen LogP contribution in [0.3, 0.4) is 0 Å². The van der Waals surface area contributed by atoms with Gasteiger partial charge >= 0.3 is 12.1 Å². The van der Waals surface area contributed by atoms with Gasteiger partial charge in [0, 0.05) is 5.69 Å². The van der Waals surface area contributed by atoms with Crippen LogP contribution in [0.25, 0.3) is 0 Å². The van der Waals surface area contributed by atoms with Crippen LogP contribution in [-0.4, -0.2) is 17.9 Å². The molecule has 0 bridgehead atoms. The number of anilines is 2. The highest BCUT2D eigenvalue weighted by Crippen LogP contribution is 2.36. The molecule has 1 aliphatic rings. The topological polar surface area (TPSA) is 67.4 Å². The van der Waals surface area contributed by atoms with Crippen molar-refractivity contribution in [3.05, 3.63) is 53.1 Å². The molecule has 2 aromatic carbocycles. The van der Waals surface area contributed by atoms with Crippen LogP contribution in [0, 0.1) is 0 Å². The van der Waals surface area contributed by atoms with E-state index < -0.39 is 34.7 Å². The molecule has 1 amide bonds. The summed E-state index contributed by atoms with van der Waals surface area (Å²) in [6, 6.07) is 8.79. The number of hydrogen-bond acceptors (Lipinski definition) is 4. The van der Waals surface area contributed by atoms with E-state index in [-0.39, 0.29) is 12.1 Å². The van der Waals surface area contributed by atoms with Crippen molar-refractivity contribution in [2.45, 2.75) is 18.6 Å². The molecule has 0 unspecified atom stereocenters. The molecule has 0 fully saturated rings. The predicted molar refractivity (Wildman–Crippen MR) is 89.2 cm³/mol. The quantitative estimate of drug-likeness (QED) is 0.618. The maximum atomic E-state index is 12.9. The summed E-state index contributed by atoms with van der Waals surface area (Å²) in [5.74, 6) is -0.943. The molecule has 9 heteroatoms. The van der Waals surface area contributed by atoms with Gasteiger partial charge in [-0.3, -0.25) is 4.79 Å². The molecule has 0 saturated carbocycles. The molecule has 0 saturated heterocycles. The Bertz CT molecular complexity index is 871. The standard InChI is InChI=1S/C17H12ClF3N2O3/c18-11-6-5-9(7-10(11)17(19,20)21)22-15(24)8-13-16(25)26-14-4-2-1-3-12(14)23-13/h1-7,13,23H,8H2,(H,22,24)/t13-/m1/s1. The molecule has 2 aromatic rings. The molecule has 1 atom stereocenters. The fourth-order valence-electron chi connectivity index (χ4n) is 2.45. The number of halogens is 4. The number of para-hydroxylation sites is 2. The first-order valence-electron chi connectivity index (χ1n) is 7.48. The van der Waals surface area contributed by atoms with Crippen molar-refractivity contribution in [1.82, 2.24) is 0 Å². The van der Waals surface area contributed by atoms with Crippen LogP contribution in [0.4, 0.5) is 24.5 Å². The van der Waals surface area contributed by atoms with Crippen molar-refractivity contribution in [2.75, 3.05) is 10.6 Å². The largest absolute Gasteiger partial charge is 0.423 e. The van der Waals surface area contributed by atoms with Gasteiger partial charge in [-0.05, 0) is 30.3 Å². The van der Waals surface area contributed by atoms with E-state index in [0.717, 1.165) is 12.1 Å². The molecular weight excluding hydrogens is 373 g/mol. The van der Waals surface area contributed by atoms with Gasteiger partial charge in [0.15, 0.2) is 5.75 Å². The van der Waals surface area contributed by atoms with E-state index in [0.29, 0.717) is 11.4 Å². The molecule has 1 heterocycles. The lowest BCUT2D eigenvalue weighted by Gasteiger charge is -2.25. The third kappa shape index (κ3) is 3.91. The lowest BCUT2D eigenvalue weighted by atomic mass is 10.1. The Morgan fingerprint density at radius 3 is 2.69 bits per heavy atom. The number of hydrogen-bond donors (Lipinski definition) is 2. The number of ether oxygens (including phenoxy) is 1. The third-order valence-corrected chi connectivity index (χ3v) is 3.99. The Balaban J connectivity index is 1.69. The molecule has 26 heavy (non-hydrogen) atoms. The second kappa shape index (κ2) is 6.87. The van der Waals surface area contributed by atoms with Crippen LogP contribution in [0.2, 0.25) is 5.02 Å². The number of carbonyl (C=O) groups excluding carboxylic acids is 2. The maximum absolute atomic E-state index is 12.9. The highest BCUT2D eigenvalue weighted by atomic mass is 35.5. The molecule has 3 rings (SSSR count). The smallest absolute Gasteiger partial charge is 0.417 e. The normalized spacial score (nSPS) is 16.3. The molecule has 0 radical (unpaired) electrons. The molecule has 136 valence electrons. The number of fused-ring (bicyclic) bond motifs is 1. The van der Waals surface area contributed by atoms with Crippen molar-refractivity contribution < 1.29 is 27.5 Å². The molecule has 0 spiro atoms. The summed E-state index contributed by atoms with van der Waals surface area (Å²) >= 11 is 5.54. The molecule has 0 aromatic heterocycles. The van der Waals surface area contributed by atoms with Gasteiger partial charge < -0.3 is 15.4 Å². The van der Waals surface area contributed by atoms with Crippen LogP contribution < -0.4 is 15.4 Å².